The SMILES string of the molecule is C[S+](=O)(Cc1ccc(O)cc1)c1ccccc1.FC(F)(F)c1ccc([B-](c2ccc(C(F)(F)F)cc2)(c2ccc(C(F)(F)F)cc2)c2ccc(C(F)(F)F)cc2)cc1. The van der Waals surface area contributed by atoms with Crippen LogP contribution < -0.4 is 21.9 Å². The third kappa shape index (κ3) is 9.95. The van der Waals surface area contributed by atoms with E-state index < -0.39 is 63.0 Å². The van der Waals surface area contributed by atoms with Crippen LogP contribution in [0, 0.1) is 0 Å². The lowest BCUT2D eigenvalue weighted by Gasteiger charge is -2.44. The van der Waals surface area contributed by atoms with Gasteiger partial charge in [-0.25, -0.2) is 0 Å². The summed E-state index contributed by atoms with van der Waals surface area (Å²) < 4.78 is 173. The summed E-state index contributed by atoms with van der Waals surface area (Å²) in [5, 5.41) is 9.20. The number of phenols is 1. The molecule has 58 heavy (non-hydrogen) atoms. The van der Waals surface area contributed by atoms with Crippen molar-refractivity contribution in [2.24, 2.45) is 0 Å². The van der Waals surface area contributed by atoms with E-state index in [2.05, 4.69) is 0 Å². The van der Waals surface area contributed by atoms with Crippen LogP contribution in [-0.2, 0) is 44.6 Å². The molecular weight excluding hydrogens is 807 g/mol. The van der Waals surface area contributed by atoms with Crippen LogP contribution in [0.15, 0.2) is 157 Å². The molecule has 1 unspecified atom stereocenters. The number of aromatic hydroxyl groups is 1. The average Bonchev–Trinajstić information content (AvgIpc) is 3.16. The summed E-state index contributed by atoms with van der Waals surface area (Å²) in [6.07, 6.45) is -20.2. The second-order valence-corrected chi connectivity index (χ2v) is 16.2. The summed E-state index contributed by atoms with van der Waals surface area (Å²) in [4.78, 5) is 0.869. The minimum atomic E-state index is -4.77. The van der Waals surface area contributed by atoms with Gasteiger partial charge in [0.05, 0.1) is 22.3 Å². The van der Waals surface area contributed by atoms with Crippen LogP contribution in [0.4, 0.5) is 52.7 Å². The summed E-state index contributed by atoms with van der Waals surface area (Å²) in [5.41, 5.74) is -3.32. The summed E-state index contributed by atoms with van der Waals surface area (Å²) >= 11 is 0. The fourth-order valence-electron chi connectivity index (χ4n) is 6.70. The molecule has 304 valence electrons. The fourth-order valence-corrected chi connectivity index (χ4v) is 8.43. The van der Waals surface area contributed by atoms with E-state index in [0.29, 0.717) is 54.3 Å². The summed E-state index contributed by atoms with van der Waals surface area (Å²) in [7, 11) is -2.06. The Balaban J connectivity index is 0.000000313. The smallest absolute Gasteiger partial charge is 0.416 e. The minimum absolute atomic E-state index is 0.0114. The van der Waals surface area contributed by atoms with Crippen molar-refractivity contribution in [1.29, 1.82) is 0 Å². The van der Waals surface area contributed by atoms with Gasteiger partial charge in [0.1, 0.15) is 33.8 Å². The Morgan fingerprint density at radius 1 is 0.431 bits per heavy atom. The number of rotatable bonds is 7. The number of halogens is 12. The Hall–Kier alpha value is -5.51. The normalized spacial score (nSPS) is 13.6. The Morgan fingerprint density at radius 2 is 0.707 bits per heavy atom. The molecule has 2 nitrogen and oxygen atoms in total. The van der Waals surface area contributed by atoms with Crippen molar-refractivity contribution >= 4 is 37.9 Å². The van der Waals surface area contributed by atoms with Crippen molar-refractivity contribution in [3.05, 3.63) is 179 Å². The molecule has 6 aromatic rings. The first kappa shape index (κ1) is 43.6. The van der Waals surface area contributed by atoms with Crippen LogP contribution in [0.5, 0.6) is 5.75 Å². The van der Waals surface area contributed by atoms with E-state index in [0.717, 1.165) is 59.0 Å². The predicted molar refractivity (Wildman–Crippen MR) is 201 cm³/mol. The molecule has 0 amide bonds. The molecule has 16 heteroatoms. The topological polar surface area (TPSA) is 37.3 Å². The van der Waals surface area contributed by atoms with Crippen LogP contribution in [0.2, 0.25) is 0 Å². The molecule has 6 rings (SSSR count). The second-order valence-electron chi connectivity index (χ2n) is 13.5. The van der Waals surface area contributed by atoms with Crippen molar-refractivity contribution < 1.29 is 62.0 Å². The Kier molecular flexibility index (Phi) is 12.3. The summed E-state index contributed by atoms with van der Waals surface area (Å²) in [6.45, 7) is 0. The highest BCUT2D eigenvalue weighted by Gasteiger charge is 2.38. The molecule has 1 N–H and O–H groups in total. The van der Waals surface area contributed by atoms with E-state index >= 15 is 0 Å². The van der Waals surface area contributed by atoms with Crippen LogP contribution in [0.1, 0.15) is 27.8 Å². The lowest BCUT2D eigenvalue weighted by molar-refractivity contribution is -0.138. The van der Waals surface area contributed by atoms with Crippen molar-refractivity contribution in [3.63, 3.8) is 0 Å². The van der Waals surface area contributed by atoms with E-state index in [4.69, 9.17) is 0 Å². The molecule has 0 heterocycles. The van der Waals surface area contributed by atoms with Crippen molar-refractivity contribution in [2.75, 3.05) is 6.26 Å². The van der Waals surface area contributed by atoms with Gasteiger partial charge in [-0.15, -0.1) is 0 Å². The van der Waals surface area contributed by atoms with Gasteiger partial charge in [-0.05, 0) is 24.3 Å². The molecule has 0 radical (unpaired) electrons. The lowest BCUT2D eigenvalue weighted by Crippen LogP contribution is -2.74. The van der Waals surface area contributed by atoms with Crippen molar-refractivity contribution in [3.8, 4) is 5.75 Å². The number of alkyl halides is 12. The first-order valence-corrected chi connectivity index (χ1v) is 19.2. The number of benzene rings is 6. The highest BCUT2D eigenvalue weighted by molar-refractivity contribution is 8.01. The molecule has 0 aliphatic rings. The van der Waals surface area contributed by atoms with Gasteiger partial charge in [0.25, 0.3) is 0 Å². The van der Waals surface area contributed by atoms with Crippen molar-refractivity contribution in [1.82, 2.24) is 0 Å². The second kappa shape index (κ2) is 16.4. The maximum absolute atomic E-state index is 13.3. The van der Waals surface area contributed by atoms with Gasteiger partial charge >= 0.3 is 24.7 Å². The van der Waals surface area contributed by atoms with E-state index in [9.17, 15) is 62.0 Å². The number of phenolic OH excluding ortho intramolecular Hbond substituents is 1. The summed E-state index contributed by atoms with van der Waals surface area (Å²) in [6, 6.07) is 29.9. The molecule has 1 atom stereocenters. The molecule has 0 aliphatic carbocycles. The average molecular weight is 839 g/mol. The van der Waals surface area contributed by atoms with Gasteiger partial charge in [-0.3, -0.25) is 0 Å². The fraction of sp³-hybridized carbons (Fsp3) is 0.143. The Morgan fingerprint density at radius 3 is 0.966 bits per heavy atom. The minimum Gasteiger partial charge on any atom is -0.508 e. The van der Waals surface area contributed by atoms with Gasteiger partial charge in [-0.2, -0.15) is 74.5 Å². The van der Waals surface area contributed by atoms with Gasteiger partial charge in [0.15, 0.2) is 4.90 Å². The molecule has 0 aliphatic heterocycles. The van der Waals surface area contributed by atoms with Crippen LogP contribution >= 0.6 is 0 Å². The Bertz CT molecular complexity index is 2080. The molecule has 0 bridgehead atoms. The van der Waals surface area contributed by atoms with Crippen LogP contribution in [0.3, 0.4) is 0 Å². The molecule has 0 saturated carbocycles. The van der Waals surface area contributed by atoms with E-state index in [-0.39, 0.29) is 27.6 Å². The first-order chi connectivity index (χ1) is 26.9. The van der Waals surface area contributed by atoms with E-state index in [1.807, 2.05) is 30.3 Å². The highest BCUT2D eigenvalue weighted by atomic mass is 32.2. The number of hydrogen-bond donors (Lipinski definition) is 1. The molecular formula is C42H31BF12O2S. The lowest BCUT2D eigenvalue weighted by atomic mass is 9.13. The van der Waals surface area contributed by atoms with Crippen molar-refractivity contribution in [2.45, 2.75) is 35.4 Å². The quantitative estimate of drug-likeness (QED) is 0.0988. The molecule has 0 fully saturated rings. The largest absolute Gasteiger partial charge is 0.508 e. The zero-order valence-electron chi connectivity index (χ0n) is 30.0. The van der Waals surface area contributed by atoms with Gasteiger partial charge in [0.2, 0.25) is 0 Å². The number of hydrogen-bond acceptors (Lipinski definition) is 2. The molecule has 0 spiro atoms. The van der Waals surface area contributed by atoms with Gasteiger partial charge in [-0.1, -0.05) is 132 Å². The highest BCUT2D eigenvalue weighted by Crippen LogP contribution is 2.32. The molecule has 6 aromatic carbocycles. The van der Waals surface area contributed by atoms with Crippen LogP contribution in [-0.4, -0.2) is 17.5 Å². The van der Waals surface area contributed by atoms with Gasteiger partial charge in [0, 0.05) is 5.56 Å². The maximum atomic E-state index is 13.3. The molecule has 0 aromatic heterocycles. The van der Waals surface area contributed by atoms with Crippen LogP contribution in [0.25, 0.3) is 0 Å². The van der Waals surface area contributed by atoms with Gasteiger partial charge < -0.3 is 5.11 Å². The maximum Gasteiger partial charge on any atom is 0.416 e. The zero-order valence-corrected chi connectivity index (χ0v) is 30.8. The van der Waals surface area contributed by atoms with E-state index in [1.54, 1.807) is 30.5 Å². The molecule has 0 saturated heterocycles. The zero-order chi connectivity index (χ0) is 42.7. The Labute approximate surface area is 326 Å². The monoisotopic (exact) mass is 838 g/mol. The van der Waals surface area contributed by atoms with E-state index in [1.165, 1.54) is 0 Å². The third-order valence-electron chi connectivity index (χ3n) is 9.57. The first-order valence-electron chi connectivity index (χ1n) is 17.1. The predicted octanol–water partition coefficient (Wildman–Crippen LogP) is 10.2. The third-order valence-corrected chi connectivity index (χ3v) is 11.7. The summed E-state index contributed by atoms with van der Waals surface area (Å²) in [5.74, 6) is 0.730. The standard InChI is InChI=1S/C28H16BF12.C14H14O2S/c30-25(31,32)17-1-9-21(10-2-17)29(22-11-3-18(4-12-22)26(33,34)35,23-13-5-19(6-14-23)27(36,37)38)24-15-7-20(8-16-24)28(39,40)41;1-17(16,14-5-3-2-4-6-14)11-12-7-9-13(15)10-8-12/h1-16H;2-10H,11H2,1H3/q-1;/p+1.